The van der Waals surface area contributed by atoms with Crippen molar-refractivity contribution in [2.45, 2.75) is 12.5 Å². The van der Waals surface area contributed by atoms with Crippen LogP contribution in [0.15, 0.2) is 72.8 Å². The smallest absolute Gasteiger partial charge is 0.255 e. The van der Waals surface area contributed by atoms with Gasteiger partial charge in [-0.25, -0.2) is 0 Å². The third kappa shape index (κ3) is 4.31. The van der Waals surface area contributed by atoms with Gasteiger partial charge in [0.05, 0.1) is 11.4 Å². The van der Waals surface area contributed by atoms with Crippen molar-refractivity contribution in [3.63, 3.8) is 0 Å². The molecule has 0 aromatic heterocycles. The van der Waals surface area contributed by atoms with Gasteiger partial charge in [-0.3, -0.25) is 4.79 Å². The molecule has 3 aromatic rings. The van der Waals surface area contributed by atoms with Crippen LogP contribution < -0.4 is 16.0 Å². The summed E-state index contributed by atoms with van der Waals surface area (Å²) < 4.78 is 0. The molecule has 3 N–H and O–H groups in total. The molecule has 1 fully saturated rings. The number of nitrogen functional groups attached to an aromatic ring is 1. The normalized spacial score (nSPS) is 16.1. The molecule has 0 radical (unpaired) electrons. The molecule has 154 valence electrons. The molecule has 1 aliphatic rings. The fourth-order valence-electron chi connectivity index (χ4n) is 3.89. The van der Waals surface area contributed by atoms with Crippen LogP contribution in [-0.2, 0) is 0 Å². The summed E-state index contributed by atoms with van der Waals surface area (Å²) in [5, 5.41) is 2.96. The van der Waals surface area contributed by atoms with Gasteiger partial charge in [-0.1, -0.05) is 36.4 Å². The van der Waals surface area contributed by atoms with Crippen molar-refractivity contribution in [3.8, 4) is 11.1 Å². The monoisotopic (exact) mass is 400 g/mol. The second-order valence-corrected chi connectivity index (χ2v) is 8.02. The Labute approximate surface area is 178 Å². The van der Waals surface area contributed by atoms with E-state index in [1.54, 1.807) is 0 Å². The van der Waals surface area contributed by atoms with E-state index in [0.29, 0.717) is 23.0 Å². The largest absolute Gasteiger partial charge is 0.397 e. The number of carbonyl (C=O) groups excluding carboxylic acids is 1. The number of hydrogen-bond acceptors (Lipinski definition) is 4. The van der Waals surface area contributed by atoms with Gasteiger partial charge in [-0.2, -0.15) is 0 Å². The molecule has 0 aliphatic carbocycles. The first-order chi connectivity index (χ1) is 14.5. The molecule has 1 saturated heterocycles. The fourth-order valence-corrected chi connectivity index (χ4v) is 3.89. The van der Waals surface area contributed by atoms with E-state index < -0.39 is 0 Å². The van der Waals surface area contributed by atoms with Crippen LogP contribution >= 0.6 is 0 Å². The van der Waals surface area contributed by atoms with Crippen molar-refractivity contribution < 1.29 is 4.79 Å². The zero-order valence-corrected chi connectivity index (χ0v) is 17.5. The summed E-state index contributed by atoms with van der Waals surface area (Å²) in [6.07, 6.45) is 1.16. The first kappa shape index (κ1) is 20.0. The van der Waals surface area contributed by atoms with Gasteiger partial charge in [0.15, 0.2) is 0 Å². The number of nitrogens with zero attached hydrogens (tertiary/aromatic N) is 2. The molecule has 4 rings (SSSR count). The number of nitrogens with one attached hydrogen (secondary N) is 1. The Morgan fingerprint density at radius 1 is 1.00 bits per heavy atom. The van der Waals surface area contributed by atoms with E-state index in [4.69, 9.17) is 5.73 Å². The summed E-state index contributed by atoms with van der Waals surface area (Å²) in [6, 6.07) is 24.1. The van der Waals surface area contributed by atoms with E-state index in [-0.39, 0.29) is 5.91 Å². The van der Waals surface area contributed by atoms with E-state index in [0.717, 1.165) is 36.3 Å². The SMILES string of the molecule is CN(C)[C@@H]1CCN(c2ccc(C(=O)Nc3cc(-c4ccccc4)ccc3N)cc2)C1. The lowest BCUT2D eigenvalue weighted by Gasteiger charge is -2.22. The van der Waals surface area contributed by atoms with Crippen LogP contribution in [0.3, 0.4) is 0 Å². The molecule has 0 spiro atoms. The summed E-state index contributed by atoms with van der Waals surface area (Å²) in [7, 11) is 4.25. The van der Waals surface area contributed by atoms with Gasteiger partial charge >= 0.3 is 0 Å². The summed E-state index contributed by atoms with van der Waals surface area (Å²) in [6.45, 7) is 2.05. The number of benzene rings is 3. The minimum atomic E-state index is -0.161. The second kappa shape index (κ2) is 8.59. The van der Waals surface area contributed by atoms with Crippen LogP contribution in [-0.4, -0.2) is 44.0 Å². The van der Waals surface area contributed by atoms with E-state index in [9.17, 15) is 4.79 Å². The van der Waals surface area contributed by atoms with Gasteiger partial charge < -0.3 is 20.9 Å². The standard InChI is InChI=1S/C25H28N4O/c1-28(2)22-14-15-29(17-22)21-11-8-19(9-12-21)25(30)27-24-16-20(10-13-23(24)26)18-6-4-3-5-7-18/h3-13,16,22H,14-15,17,26H2,1-2H3,(H,27,30)/t22-/m1/s1. The van der Waals surface area contributed by atoms with Crippen molar-refractivity contribution in [1.29, 1.82) is 0 Å². The zero-order chi connectivity index (χ0) is 21.1. The minimum Gasteiger partial charge on any atom is -0.397 e. The molecule has 0 unspecified atom stereocenters. The summed E-state index contributed by atoms with van der Waals surface area (Å²) in [5.41, 5.74) is 11.2. The Morgan fingerprint density at radius 3 is 2.40 bits per heavy atom. The van der Waals surface area contributed by atoms with E-state index in [1.807, 2.05) is 72.8 Å². The highest BCUT2D eigenvalue weighted by atomic mass is 16.1. The van der Waals surface area contributed by atoms with Crippen molar-refractivity contribution in [1.82, 2.24) is 4.90 Å². The van der Waals surface area contributed by atoms with Crippen LogP contribution in [0.25, 0.3) is 11.1 Å². The molecular weight excluding hydrogens is 372 g/mol. The first-order valence-electron chi connectivity index (χ1n) is 10.3. The molecule has 1 amide bonds. The van der Waals surface area contributed by atoms with Gasteiger partial charge in [-0.05, 0) is 68.0 Å². The molecule has 1 aliphatic heterocycles. The number of likely N-dealkylation sites (N-methyl/N-ethyl adjacent to an activating group) is 1. The molecule has 30 heavy (non-hydrogen) atoms. The number of rotatable bonds is 5. The van der Waals surface area contributed by atoms with Crippen molar-refractivity contribution >= 4 is 23.0 Å². The van der Waals surface area contributed by atoms with Crippen molar-refractivity contribution in [2.24, 2.45) is 0 Å². The number of anilines is 3. The number of carbonyl (C=O) groups is 1. The highest BCUT2D eigenvalue weighted by Crippen LogP contribution is 2.28. The predicted molar refractivity (Wildman–Crippen MR) is 125 cm³/mol. The van der Waals surface area contributed by atoms with Gasteiger partial charge in [0, 0.05) is 30.4 Å². The first-order valence-corrected chi connectivity index (χ1v) is 10.3. The number of nitrogens with two attached hydrogens (primary N) is 1. The second-order valence-electron chi connectivity index (χ2n) is 8.02. The van der Waals surface area contributed by atoms with Crippen LogP contribution in [0.2, 0.25) is 0 Å². The Hall–Kier alpha value is -3.31. The quantitative estimate of drug-likeness (QED) is 0.626. The lowest BCUT2D eigenvalue weighted by Crippen LogP contribution is -2.31. The summed E-state index contributed by atoms with van der Waals surface area (Å²) in [5.74, 6) is -0.161. The summed E-state index contributed by atoms with van der Waals surface area (Å²) >= 11 is 0. The highest BCUT2D eigenvalue weighted by Gasteiger charge is 2.24. The average Bonchev–Trinajstić information content (AvgIpc) is 3.27. The average molecular weight is 401 g/mol. The minimum absolute atomic E-state index is 0.161. The Bertz CT molecular complexity index is 1020. The molecule has 3 aromatic carbocycles. The fraction of sp³-hybridized carbons (Fsp3) is 0.240. The van der Waals surface area contributed by atoms with E-state index in [2.05, 4.69) is 29.2 Å². The van der Waals surface area contributed by atoms with Gasteiger partial charge in [-0.15, -0.1) is 0 Å². The molecule has 5 heteroatoms. The third-order valence-electron chi connectivity index (χ3n) is 5.80. The van der Waals surface area contributed by atoms with E-state index in [1.165, 1.54) is 0 Å². The highest BCUT2D eigenvalue weighted by molar-refractivity contribution is 6.06. The maximum Gasteiger partial charge on any atom is 0.255 e. The topological polar surface area (TPSA) is 61.6 Å². The van der Waals surface area contributed by atoms with Crippen LogP contribution in [0.5, 0.6) is 0 Å². The van der Waals surface area contributed by atoms with Crippen LogP contribution in [0.1, 0.15) is 16.8 Å². The van der Waals surface area contributed by atoms with Crippen molar-refractivity contribution in [2.75, 3.05) is 43.1 Å². The summed E-state index contributed by atoms with van der Waals surface area (Å²) in [4.78, 5) is 17.4. The lowest BCUT2D eigenvalue weighted by atomic mass is 10.0. The molecule has 1 heterocycles. The van der Waals surface area contributed by atoms with E-state index >= 15 is 0 Å². The third-order valence-corrected chi connectivity index (χ3v) is 5.80. The number of hydrogen-bond donors (Lipinski definition) is 2. The van der Waals surface area contributed by atoms with Crippen LogP contribution in [0, 0.1) is 0 Å². The van der Waals surface area contributed by atoms with Gasteiger partial charge in [0.25, 0.3) is 5.91 Å². The Balaban J connectivity index is 1.47. The molecule has 1 atom stereocenters. The van der Waals surface area contributed by atoms with Gasteiger partial charge in [0.1, 0.15) is 0 Å². The lowest BCUT2D eigenvalue weighted by molar-refractivity contribution is 0.102. The maximum atomic E-state index is 12.8. The van der Waals surface area contributed by atoms with Gasteiger partial charge in [0.2, 0.25) is 0 Å². The van der Waals surface area contributed by atoms with Crippen LogP contribution in [0.4, 0.5) is 17.1 Å². The van der Waals surface area contributed by atoms with Crippen molar-refractivity contribution in [3.05, 3.63) is 78.4 Å². The predicted octanol–water partition coefficient (Wildman–Crippen LogP) is 4.33. The number of amides is 1. The Morgan fingerprint density at radius 2 is 1.73 bits per heavy atom. The zero-order valence-electron chi connectivity index (χ0n) is 17.5. The molecule has 0 bridgehead atoms. The molecule has 0 saturated carbocycles. The molecular formula is C25H28N4O. The Kier molecular flexibility index (Phi) is 5.72. The molecule has 5 nitrogen and oxygen atoms in total. The maximum absolute atomic E-state index is 12.8.